The highest BCUT2D eigenvalue weighted by molar-refractivity contribution is 7.86. The molecule has 0 radical (unpaired) electrons. The van der Waals surface area contributed by atoms with Crippen molar-refractivity contribution in [3.05, 3.63) is 23.3 Å². The normalized spacial score (nSPS) is 25.9. The van der Waals surface area contributed by atoms with Gasteiger partial charge in [0, 0.05) is 34.9 Å². The molecule has 9 heteroatoms. The van der Waals surface area contributed by atoms with Crippen LogP contribution in [0.2, 0.25) is 0 Å². The number of piperidine rings is 3. The number of carbonyl (C=O) groups is 1. The molecule has 134 valence electrons. The summed E-state index contributed by atoms with van der Waals surface area (Å²) in [6, 6.07) is 1.75. The molecular weight excluding hydrogens is 362 g/mol. The number of nitrogens with zero attached hydrogens (tertiary/aromatic N) is 2. The first kappa shape index (κ1) is 16.7. The molecule has 3 fully saturated rings. The van der Waals surface area contributed by atoms with Crippen LogP contribution in [0.5, 0.6) is 5.06 Å². The van der Waals surface area contributed by atoms with Crippen LogP contribution in [0.25, 0.3) is 10.8 Å². The number of nitrogens with one attached hydrogen (secondary N) is 1. The van der Waals surface area contributed by atoms with Crippen LogP contribution in [0.15, 0.2) is 17.6 Å². The average molecular weight is 381 g/mol. The van der Waals surface area contributed by atoms with Gasteiger partial charge in [0.15, 0.2) is 0 Å². The Morgan fingerprint density at radius 3 is 2.80 bits per heavy atom. The third-order valence-electron chi connectivity index (χ3n) is 4.88. The van der Waals surface area contributed by atoms with Gasteiger partial charge in [0.05, 0.1) is 6.26 Å². The summed E-state index contributed by atoms with van der Waals surface area (Å²) in [7, 11) is -3.62. The van der Waals surface area contributed by atoms with E-state index < -0.39 is 10.1 Å². The van der Waals surface area contributed by atoms with Crippen molar-refractivity contribution in [2.75, 3.05) is 25.9 Å². The lowest BCUT2D eigenvalue weighted by molar-refractivity contribution is 0.0618. The molecule has 5 heterocycles. The lowest BCUT2D eigenvalue weighted by atomic mass is 9.84. The summed E-state index contributed by atoms with van der Waals surface area (Å²) in [5, 5.41) is 6.46. The van der Waals surface area contributed by atoms with Gasteiger partial charge in [0.1, 0.15) is 5.69 Å². The molecule has 1 N–H and O–H groups in total. The van der Waals surface area contributed by atoms with Gasteiger partial charge < -0.3 is 14.4 Å². The Labute approximate surface area is 150 Å². The second kappa shape index (κ2) is 6.22. The maximum Gasteiger partial charge on any atom is 0.307 e. The highest BCUT2D eigenvalue weighted by Gasteiger charge is 2.35. The summed E-state index contributed by atoms with van der Waals surface area (Å²) < 4.78 is 27.8. The lowest BCUT2D eigenvalue weighted by Crippen LogP contribution is -2.57. The van der Waals surface area contributed by atoms with E-state index in [1.165, 1.54) is 11.3 Å². The number of carbonyl (C=O) groups excluding carboxylic acids is 1. The standard InChI is InChI=1S/C16H19N3O4S2/c1-25(21,22)23-16-12-6-13(17-7-11(12)9-24-16)15(20)18-14-8-19-4-2-10(14)3-5-19/h6-7,9-10,14H,2-5,8H2,1H3,(H,18,20)/t14-/m0/s1. The van der Waals surface area contributed by atoms with Crippen molar-refractivity contribution >= 4 is 38.1 Å². The van der Waals surface area contributed by atoms with Gasteiger partial charge in [0.2, 0.25) is 5.06 Å². The molecule has 2 aromatic rings. The van der Waals surface area contributed by atoms with Crippen LogP contribution in [0, 0.1) is 5.92 Å². The van der Waals surface area contributed by atoms with Crippen LogP contribution in [0.3, 0.4) is 0 Å². The molecule has 3 aliphatic rings. The van der Waals surface area contributed by atoms with Crippen LogP contribution in [0.4, 0.5) is 0 Å². The maximum atomic E-state index is 12.6. The van der Waals surface area contributed by atoms with Crippen LogP contribution < -0.4 is 9.50 Å². The van der Waals surface area contributed by atoms with E-state index in [0.717, 1.165) is 44.1 Å². The summed E-state index contributed by atoms with van der Waals surface area (Å²) in [4.78, 5) is 19.2. The quantitative estimate of drug-likeness (QED) is 0.807. The number of pyridine rings is 1. The highest BCUT2D eigenvalue weighted by atomic mass is 32.2. The largest absolute Gasteiger partial charge is 0.371 e. The number of rotatable bonds is 4. The summed E-state index contributed by atoms with van der Waals surface area (Å²) in [5.74, 6) is 0.306. The molecule has 0 aromatic carbocycles. The van der Waals surface area contributed by atoms with Crippen molar-refractivity contribution in [1.82, 2.24) is 15.2 Å². The van der Waals surface area contributed by atoms with E-state index in [-0.39, 0.29) is 22.7 Å². The fourth-order valence-corrected chi connectivity index (χ4v) is 5.23. The van der Waals surface area contributed by atoms with E-state index in [2.05, 4.69) is 15.2 Å². The van der Waals surface area contributed by atoms with Gasteiger partial charge in [-0.2, -0.15) is 8.42 Å². The number of aromatic nitrogens is 1. The molecule has 25 heavy (non-hydrogen) atoms. The maximum absolute atomic E-state index is 12.6. The van der Waals surface area contributed by atoms with Gasteiger partial charge in [-0.15, -0.1) is 11.3 Å². The van der Waals surface area contributed by atoms with Crippen LogP contribution >= 0.6 is 11.3 Å². The zero-order chi connectivity index (χ0) is 17.6. The van der Waals surface area contributed by atoms with Crippen LogP contribution in [0.1, 0.15) is 23.3 Å². The Balaban J connectivity index is 1.56. The molecule has 0 unspecified atom stereocenters. The van der Waals surface area contributed by atoms with E-state index in [0.29, 0.717) is 11.3 Å². The topological polar surface area (TPSA) is 88.6 Å². The van der Waals surface area contributed by atoms with Crippen molar-refractivity contribution in [3.63, 3.8) is 0 Å². The Morgan fingerprint density at radius 1 is 1.40 bits per heavy atom. The first-order valence-corrected chi connectivity index (χ1v) is 10.9. The van der Waals surface area contributed by atoms with Gasteiger partial charge in [-0.25, -0.2) is 0 Å². The molecule has 0 saturated carbocycles. The Morgan fingerprint density at radius 2 is 2.16 bits per heavy atom. The molecule has 0 spiro atoms. The van der Waals surface area contributed by atoms with Crippen LogP contribution in [-0.4, -0.2) is 56.1 Å². The lowest BCUT2D eigenvalue weighted by Gasteiger charge is -2.44. The number of fused-ring (bicyclic) bond motifs is 4. The first-order chi connectivity index (χ1) is 11.9. The van der Waals surface area contributed by atoms with Crippen molar-refractivity contribution in [2.45, 2.75) is 18.9 Å². The van der Waals surface area contributed by atoms with Crippen molar-refractivity contribution < 1.29 is 17.4 Å². The summed E-state index contributed by atoms with van der Waals surface area (Å²) in [6.07, 6.45) is 4.82. The fourth-order valence-electron chi connectivity index (χ4n) is 3.61. The second-order valence-corrected chi connectivity index (χ2v) is 9.10. The van der Waals surface area contributed by atoms with Gasteiger partial charge >= 0.3 is 10.1 Å². The minimum atomic E-state index is -3.62. The van der Waals surface area contributed by atoms with E-state index in [9.17, 15) is 13.2 Å². The van der Waals surface area contributed by atoms with Gasteiger partial charge in [-0.3, -0.25) is 9.78 Å². The fraction of sp³-hybridized carbons (Fsp3) is 0.500. The molecule has 3 aliphatic heterocycles. The summed E-state index contributed by atoms with van der Waals surface area (Å²) >= 11 is 1.18. The molecule has 2 aromatic heterocycles. The van der Waals surface area contributed by atoms with E-state index >= 15 is 0 Å². The molecule has 1 atom stereocenters. The third-order valence-corrected chi connectivity index (χ3v) is 6.34. The predicted octanol–water partition coefficient (Wildman–Crippen LogP) is 1.46. The zero-order valence-corrected chi connectivity index (χ0v) is 15.4. The van der Waals surface area contributed by atoms with Crippen molar-refractivity contribution in [2.24, 2.45) is 5.92 Å². The van der Waals surface area contributed by atoms with Crippen molar-refractivity contribution in [1.29, 1.82) is 0 Å². The Hall–Kier alpha value is -1.71. The molecule has 5 rings (SSSR count). The molecule has 3 saturated heterocycles. The third kappa shape index (κ3) is 3.49. The molecule has 0 aliphatic carbocycles. The molecule has 2 bridgehead atoms. The minimum absolute atomic E-state index is 0.154. The molecule has 7 nitrogen and oxygen atoms in total. The second-order valence-electron chi connectivity index (χ2n) is 6.69. The highest BCUT2D eigenvalue weighted by Crippen LogP contribution is 2.34. The Bertz CT molecular complexity index is 917. The summed E-state index contributed by atoms with van der Waals surface area (Å²) in [6.45, 7) is 3.12. The minimum Gasteiger partial charge on any atom is -0.371 e. The Kier molecular flexibility index (Phi) is 4.17. The number of amides is 1. The van der Waals surface area contributed by atoms with Gasteiger partial charge in [-0.1, -0.05) is 0 Å². The van der Waals surface area contributed by atoms with Gasteiger partial charge in [-0.05, 0) is 37.9 Å². The zero-order valence-electron chi connectivity index (χ0n) is 13.8. The first-order valence-electron chi connectivity index (χ1n) is 8.19. The smallest absolute Gasteiger partial charge is 0.307 e. The van der Waals surface area contributed by atoms with E-state index in [4.69, 9.17) is 4.18 Å². The number of thiophene rings is 1. The monoisotopic (exact) mass is 381 g/mol. The molecule has 1 amide bonds. The van der Waals surface area contributed by atoms with Gasteiger partial charge in [0.25, 0.3) is 5.91 Å². The number of hydrogen-bond donors (Lipinski definition) is 1. The predicted molar refractivity (Wildman–Crippen MR) is 95.5 cm³/mol. The SMILES string of the molecule is CS(=O)(=O)Oc1scc2cnc(C(=O)N[C@H]3CN4CCC3CC4)cc12. The molecular formula is C16H19N3O4S2. The van der Waals surface area contributed by atoms with E-state index in [1.807, 2.05) is 0 Å². The van der Waals surface area contributed by atoms with E-state index in [1.54, 1.807) is 17.6 Å². The van der Waals surface area contributed by atoms with Crippen LogP contribution in [-0.2, 0) is 10.1 Å². The average Bonchev–Trinajstić information content (AvgIpc) is 2.96. The number of hydrogen-bond acceptors (Lipinski definition) is 7. The summed E-state index contributed by atoms with van der Waals surface area (Å²) in [5.41, 5.74) is 0.278. The van der Waals surface area contributed by atoms with Crippen molar-refractivity contribution in [3.8, 4) is 5.06 Å².